The van der Waals surface area contributed by atoms with E-state index in [-0.39, 0.29) is 11.0 Å². The van der Waals surface area contributed by atoms with Crippen LogP contribution >= 0.6 is 11.6 Å². The fourth-order valence-electron chi connectivity index (χ4n) is 4.65. The van der Waals surface area contributed by atoms with Crippen molar-refractivity contribution < 1.29 is 0 Å². The summed E-state index contributed by atoms with van der Waals surface area (Å²) in [5.41, 5.74) is 3.67. The van der Waals surface area contributed by atoms with Crippen molar-refractivity contribution in [1.29, 1.82) is 0 Å². The van der Waals surface area contributed by atoms with Gasteiger partial charge in [0.15, 0.2) is 0 Å². The minimum Gasteiger partial charge on any atom is -0.366 e. The van der Waals surface area contributed by atoms with Gasteiger partial charge < -0.3 is 10.2 Å². The van der Waals surface area contributed by atoms with Crippen LogP contribution in [0.25, 0.3) is 16.6 Å². The van der Waals surface area contributed by atoms with Crippen molar-refractivity contribution in [2.24, 2.45) is 0 Å². The van der Waals surface area contributed by atoms with Crippen LogP contribution in [0.2, 0.25) is 5.02 Å². The molecule has 5 nitrogen and oxygen atoms in total. The lowest BCUT2D eigenvalue weighted by Gasteiger charge is -2.36. The van der Waals surface area contributed by atoms with Crippen LogP contribution in [0.1, 0.15) is 32.2 Å². The van der Waals surface area contributed by atoms with Crippen LogP contribution in [0, 0.1) is 0 Å². The molecule has 3 heterocycles. The van der Waals surface area contributed by atoms with Crippen LogP contribution in [-0.2, 0) is 5.41 Å². The van der Waals surface area contributed by atoms with E-state index in [2.05, 4.69) is 58.7 Å². The Morgan fingerprint density at radius 3 is 2.86 bits per heavy atom. The van der Waals surface area contributed by atoms with E-state index in [1.165, 1.54) is 11.3 Å². The third-order valence-electron chi connectivity index (χ3n) is 6.15. The Balaban J connectivity index is 1.80. The lowest BCUT2D eigenvalue weighted by atomic mass is 9.85. The summed E-state index contributed by atoms with van der Waals surface area (Å²) in [6.07, 6.45) is 0. The molecule has 0 aliphatic carbocycles. The highest BCUT2D eigenvalue weighted by Crippen LogP contribution is 2.44. The van der Waals surface area contributed by atoms with Crippen molar-refractivity contribution in [3.8, 4) is 5.69 Å². The Kier molecular flexibility index (Phi) is 3.83. The summed E-state index contributed by atoms with van der Waals surface area (Å²) in [7, 11) is 0. The minimum atomic E-state index is -0.349. The molecule has 1 aromatic heterocycles. The van der Waals surface area contributed by atoms with Gasteiger partial charge in [0, 0.05) is 31.4 Å². The Bertz CT molecular complexity index is 1170. The molecule has 1 saturated heterocycles. The zero-order chi connectivity index (χ0) is 19.6. The van der Waals surface area contributed by atoms with Crippen molar-refractivity contribution >= 4 is 28.2 Å². The summed E-state index contributed by atoms with van der Waals surface area (Å²) in [6, 6.07) is 12.7. The smallest absolute Gasteiger partial charge is 0.282 e. The normalized spacial score (nSPS) is 20.3. The number of halogens is 1. The molecule has 1 unspecified atom stereocenters. The third-order valence-corrected chi connectivity index (χ3v) is 6.47. The third kappa shape index (κ3) is 2.36. The van der Waals surface area contributed by atoms with Crippen LogP contribution in [0.4, 0.5) is 5.69 Å². The number of fused-ring (bicyclic) bond motifs is 5. The van der Waals surface area contributed by atoms with E-state index in [0.717, 1.165) is 36.7 Å². The van der Waals surface area contributed by atoms with Gasteiger partial charge in [-0.25, -0.2) is 0 Å². The summed E-state index contributed by atoms with van der Waals surface area (Å²) >= 11 is 6.37. The standard InChI is InChI=1S/C22H23ClN4O/c1-13-12-24-9-10-26(13)14-7-8-15-18(11-14)27-17-6-4-5-16(23)19(17)20(28)25-21(27)22(15,2)3/h4-8,11,13,24H,9-10,12H2,1-3H3. The second-order valence-corrected chi connectivity index (χ2v) is 8.69. The quantitative estimate of drug-likeness (QED) is 0.686. The highest BCUT2D eigenvalue weighted by molar-refractivity contribution is 6.35. The van der Waals surface area contributed by atoms with Crippen LogP contribution in [-0.4, -0.2) is 35.2 Å². The van der Waals surface area contributed by atoms with Crippen LogP contribution < -0.4 is 15.8 Å². The molecular formula is C22H23ClN4O. The molecule has 5 rings (SSSR count). The van der Waals surface area contributed by atoms with Crippen LogP contribution in [0.5, 0.6) is 0 Å². The average molecular weight is 395 g/mol. The van der Waals surface area contributed by atoms with Gasteiger partial charge in [-0.15, -0.1) is 0 Å². The zero-order valence-corrected chi connectivity index (χ0v) is 17.0. The van der Waals surface area contributed by atoms with Crippen LogP contribution in [0.3, 0.4) is 0 Å². The number of rotatable bonds is 1. The summed E-state index contributed by atoms with van der Waals surface area (Å²) in [6.45, 7) is 9.43. The van der Waals surface area contributed by atoms with Crippen molar-refractivity contribution in [1.82, 2.24) is 14.9 Å². The Morgan fingerprint density at radius 2 is 2.07 bits per heavy atom. The van der Waals surface area contributed by atoms with Crippen molar-refractivity contribution in [2.45, 2.75) is 32.2 Å². The largest absolute Gasteiger partial charge is 0.366 e. The number of nitrogens with zero attached hydrogens (tertiary/aromatic N) is 3. The second kappa shape index (κ2) is 6.06. The van der Waals surface area contributed by atoms with Crippen LogP contribution in [0.15, 0.2) is 41.2 Å². The van der Waals surface area contributed by atoms with E-state index in [0.29, 0.717) is 16.5 Å². The first-order valence-electron chi connectivity index (χ1n) is 9.73. The summed E-state index contributed by atoms with van der Waals surface area (Å²) in [5, 5.41) is 4.38. The van der Waals surface area contributed by atoms with E-state index in [9.17, 15) is 4.79 Å². The van der Waals surface area contributed by atoms with Crippen molar-refractivity contribution in [2.75, 3.05) is 24.5 Å². The molecule has 1 N–H and O–H groups in total. The molecule has 2 aromatic carbocycles. The fraction of sp³-hybridized carbons (Fsp3) is 0.364. The fourth-order valence-corrected chi connectivity index (χ4v) is 4.90. The maximum atomic E-state index is 12.7. The van der Waals surface area contributed by atoms with E-state index in [1.807, 2.05) is 12.1 Å². The minimum absolute atomic E-state index is 0.260. The molecule has 3 aromatic rings. The first-order chi connectivity index (χ1) is 13.4. The maximum absolute atomic E-state index is 12.7. The Labute approximate surface area is 169 Å². The van der Waals surface area contributed by atoms with Gasteiger partial charge in [-0.05, 0) is 50.6 Å². The van der Waals surface area contributed by atoms with Gasteiger partial charge in [-0.2, -0.15) is 4.98 Å². The molecule has 0 bridgehead atoms. The monoisotopic (exact) mass is 394 g/mol. The summed E-state index contributed by atoms with van der Waals surface area (Å²) < 4.78 is 2.12. The molecule has 28 heavy (non-hydrogen) atoms. The van der Waals surface area contributed by atoms with Crippen molar-refractivity contribution in [3.63, 3.8) is 0 Å². The predicted octanol–water partition coefficient (Wildman–Crippen LogP) is 3.48. The van der Waals surface area contributed by atoms with E-state index < -0.39 is 0 Å². The number of anilines is 1. The Hall–Kier alpha value is -2.37. The predicted molar refractivity (Wildman–Crippen MR) is 114 cm³/mol. The molecule has 0 spiro atoms. The molecule has 0 amide bonds. The highest BCUT2D eigenvalue weighted by atomic mass is 35.5. The molecule has 144 valence electrons. The summed E-state index contributed by atoms with van der Waals surface area (Å²) in [5.74, 6) is 0.771. The molecule has 6 heteroatoms. The number of aromatic nitrogens is 2. The number of benzene rings is 2. The Morgan fingerprint density at radius 1 is 1.25 bits per heavy atom. The average Bonchev–Trinajstić information content (AvgIpc) is 2.89. The number of nitrogens with one attached hydrogen (secondary N) is 1. The molecule has 0 saturated carbocycles. The first kappa shape index (κ1) is 17.7. The van der Waals surface area contributed by atoms with Gasteiger partial charge >= 0.3 is 0 Å². The SMILES string of the molecule is CC1CNCCN1c1ccc2c(c1)-n1c(nc(=O)c3c(Cl)cccc31)C2(C)C. The van der Waals surface area contributed by atoms with E-state index >= 15 is 0 Å². The van der Waals surface area contributed by atoms with Gasteiger partial charge in [-0.1, -0.05) is 23.7 Å². The number of piperazine rings is 1. The van der Waals surface area contributed by atoms with Gasteiger partial charge in [0.25, 0.3) is 5.56 Å². The molecule has 2 aliphatic rings. The summed E-state index contributed by atoms with van der Waals surface area (Å²) in [4.78, 5) is 19.6. The van der Waals surface area contributed by atoms with Gasteiger partial charge in [0.05, 0.1) is 27.0 Å². The zero-order valence-electron chi connectivity index (χ0n) is 16.3. The number of hydrogen-bond donors (Lipinski definition) is 1. The molecule has 1 atom stereocenters. The van der Waals surface area contributed by atoms with E-state index in [1.54, 1.807) is 6.07 Å². The lowest BCUT2D eigenvalue weighted by molar-refractivity contribution is 0.501. The first-order valence-corrected chi connectivity index (χ1v) is 10.1. The molecule has 0 radical (unpaired) electrons. The van der Waals surface area contributed by atoms with Gasteiger partial charge in [0.1, 0.15) is 5.82 Å². The number of hydrogen-bond acceptors (Lipinski definition) is 4. The molecule has 1 fully saturated rings. The topological polar surface area (TPSA) is 50.2 Å². The molecular weight excluding hydrogens is 372 g/mol. The lowest BCUT2D eigenvalue weighted by Crippen LogP contribution is -2.49. The second-order valence-electron chi connectivity index (χ2n) is 8.28. The maximum Gasteiger partial charge on any atom is 0.282 e. The van der Waals surface area contributed by atoms with Gasteiger partial charge in [0.2, 0.25) is 0 Å². The molecule has 2 aliphatic heterocycles. The van der Waals surface area contributed by atoms with Crippen molar-refractivity contribution in [3.05, 3.63) is 63.2 Å². The van der Waals surface area contributed by atoms with E-state index in [4.69, 9.17) is 11.6 Å². The highest BCUT2D eigenvalue weighted by Gasteiger charge is 2.39. The van der Waals surface area contributed by atoms with Gasteiger partial charge in [-0.3, -0.25) is 9.36 Å².